The Morgan fingerprint density at radius 3 is 2.75 bits per heavy atom. The molecule has 0 spiro atoms. The number of ether oxygens (including phenoxy) is 1. The second-order valence-electron chi connectivity index (χ2n) is 3.30. The summed E-state index contributed by atoms with van der Waals surface area (Å²) in [6.07, 6.45) is 4.90. The van der Waals surface area contributed by atoms with Gasteiger partial charge in [0.05, 0.1) is 7.11 Å². The van der Waals surface area contributed by atoms with Crippen LogP contribution in [-0.4, -0.2) is 22.1 Å². The lowest BCUT2D eigenvalue weighted by molar-refractivity contribution is 0.413. The van der Waals surface area contributed by atoms with E-state index in [1.807, 2.05) is 13.0 Å². The first-order chi connectivity index (χ1) is 7.72. The Kier molecular flexibility index (Phi) is 3.01. The Bertz CT molecular complexity index is 516. The quantitative estimate of drug-likeness (QED) is 0.751. The van der Waals surface area contributed by atoms with Crippen LogP contribution in [0.15, 0.2) is 24.8 Å². The van der Waals surface area contributed by atoms with Crippen molar-refractivity contribution in [2.45, 2.75) is 6.92 Å². The summed E-state index contributed by atoms with van der Waals surface area (Å²) < 4.78 is 5.19. The van der Waals surface area contributed by atoms with Crippen molar-refractivity contribution >= 4 is 11.6 Å². The maximum atomic E-state index is 5.92. The van der Waals surface area contributed by atoms with Gasteiger partial charge in [-0.2, -0.15) is 0 Å². The zero-order chi connectivity index (χ0) is 11.5. The molecule has 0 N–H and O–H groups in total. The first kappa shape index (κ1) is 10.8. The lowest BCUT2D eigenvalue weighted by Crippen LogP contribution is -1.95. The number of aryl methyl sites for hydroxylation is 1. The van der Waals surface area contributed by atoms with Gasteiger partial charge in [-0.25, -0.2) is 9.97 Å². The number of rotatable bonds is 2. The molecule has 2 aromatic rings. The molecule has 2 heterocycles. The Labute approximate surface area is 98.3 Å². The van der Waals surface area contributed by atoms with Crippen LogP contribution in [0.1, 0.15) is 5.56 Å². The lowest BCUT2D eigenvalue weighted by atomic mass is 10.1. The molecule has 0 unspecified atom stereocenters. The van der Waals surface area contributed by atoms with Gasteiger partial charge in [-0.05, 0) is 18.6 Å². The summed E-state index contributed by atoms with van der Waals surface area (Å²) in [4.78, 5) is 12.1. The summed E-state index contributed by atoms with van der Waals surface area (Å²) in [5.74, 6) is 0.469. The van der Waals surface area contributed by atoms with E-state index >= 15 is 0 Å². The fraction of sp³-hybridized carbons (Fsp3) is 0.182. The summed E-state index contributed by atoms with van der Waals surface area (Å²) in [5, 5.41) is 0.300. The Hall–Kier alpha value is -1.68. The highest BCUT2D eigenvalue weighted by atomic mass is 35.5. The number of aromatic nitrogens is 3. The van der Waals surface area contributed by atoms with Crippen molar-refractivity contribution < 1.29 is 4.74 Å². The number of nitrogens with zero attached hydrogens (tertiary/aromatic N) is 3. The van der Waals surface area contributed by atoms with Crippen LogP contribution in [0.5, 0.6) is 5.75 Å². The highest BCUT2D eigenvalue weighted by Gasteiger charge is 2.12. The Morgan fingerprint density at radius 1 is 1.25 bits per heavy atom. The molecule has 0 amide bonds. The summed E-state index contributed by atoms with van der Waals surface area (Å²) >= 11 is 5.92. The molecule has 0 aliphatic rings. The van der Waals surface area contributed by atoms with E-state index in [1.54, 1.807) is 12.4 Å². The molecule has 0 atom stereocenters. The first-order valence-corrected chi connectivity index (χ1v) is 5.06. The van der Waals surface area contributed by atoms with E-state index in [1.165, 1.54) is 13.4 Å². The van der Waals surface area contributed by atoms with Crippen molar-refractivity contribution in [2.75, 3.05) is 7.11 Å². The molecule has 0 radical (unpaired) electrons. The van der Waals surface area contributed by atoms with Crippen molar-refractivity contribution in [1.29, 1.82) is 0 Å². The fourth-order valence-corrected chi connectivity index (χ4v) is 1.63. The molecular formula is C11H10ClN3O. The standard InChI is InChI=1S/C11H10ClN3O/c1-7-3-8(5-13-4-7)9-10(16-2)11(12)15-6-14-9/h3-6H,1-2H3. The van der Waals surface area contributed by atoms with Gasteiger partial charge in [0.25, 0.3) is 0 Å². The van der Waals surface area contributed by atoms with Crippen molar-refractivity contribution in [3.8, 4) is 17.0 Å². The Morgan fingerprint density at radius 2 is 2.06 bits per heavy atom. The van der Waals surface area contributed by atoms with Gasteiger partial charge in [0, 0.05) is 18.0 Å². The third-order valence-electron chi connectivity index (χ3n) is 2.11. The van der Waals surface area contributed by atoms with Crippen LogP contribution >= 0.6 is 11.6 Å². The summed E-state index contributed by atoms with van der Waals surface area (Å²) in [6, 6.07) is 1.97. The van der Waals surface area contributed by atoms with Crippen LogP contribution in [0, 0.1) is 6.92 Å². The highest BCUT2D eigenvalue weighted by Crippen LogP contribution is 2.32. The van der Waals surface area contributed by atoms with E-state index in [9.17, 15) is 0 Å². The van der Waals surface area contributed by atoms with Gasteiger partial charge in [0.1, 0.15) is 12.0 Å². The van der Waals surface area contributed by atoms with Crippen LogP contribution in [-0.2, 0) is 0 Å². The second kappa shape index (κ2) is 4.45. The number of methoxy groups -OCH3 is 1. The second-order valence-corrected chi connectivity index (χ2v) is 3.66. The van der Waals surface area contributed by atoms with Crippen LogP contribution in [0.25, 0.3) is 11.3 Å². The summed E-state index contributed by atoms with van der Waals surface area (Å²) in [7, 11) is 1.54. The maximum absolute atomic E-state index is 5.92. The molecule has 0 aliphatic heterocycles. The molecule has 2 aromatic heterocycles. The van der Waals surface area contributed by atoms with Crippen LogP contribution in [0.3, 0.4) is 0 Å². The average molecular weight is 236 g/mol. The lowest BCUT2D eigenvalue weighted by Gasteiger charge is -2.08. The minimum absolute atomic E-state index is 0.300. The molecule has 0 saturated carbocycles. The predicted molar refractivity (Wildman–Crippen MR) is 61.6 cm³/mol. The number of pyridine rings is 1. The van der Waals surface area contributed by atoms with Crippen molar-refractivity contribution in [1.82, 2.24) is 15.0 Å². The van der Waals surface area contributed by atoms with Gasteiger partial charge < -0.3 is 4.74 Å². The van der Waals surface area contributed by atoms with E-state index in [0.717, 1.165) is 11.1 Å². The van der Waals surface area contributed by atoms with E-state index < -0.39 is 0 Å². The summed E-state index contributed by atoms with van der Waals surface area (Å²) in [6.45, 7) is 1.96. The van der Waals surface area contributed by atoms with E-state index in [0.29, 0.717) is 16.6 Å². The minimum atomic E-state index is 0.300. The topological polar surface area (TPSA) is 47.9 Å². The average Bonchev–Trinajstić information content (AvgIpc) is 2.28. The molecule has 16 heavy (non-hydrogen) atoms. The van der Waals surface area contributed by atoms with E-state index in [4.69, 9.17) is 16.3 Å². The van der Waals surface area contributed by atoms with E-state index in [2.05, 4.69) is 15.0 Å². The molecule has 82 valence electrons. The molecular weight excluding hydrogens is 226 g/mol. The molecule has 0 bridgehead atoms. The smallest absolute Gasteiger partial charge is 0.182 e. The maximum Gasteiger partial charge on any atom is 0.182 e. The van der Waals surface area contributed by atoms with Crippen molar-refractivity contribution in [2.24, 2.45) is 0 Å². The number of halogens is 1. The molecule has 5 heteroatoms. The SMILES string of the molecule is COc1c(Cl)ncnc1-c1cncc(C)c1. The number of hydrogen-bond acceptors (Lipinski definition) is 4. The monoisotopic (exact) mass is 235 g/mol. The molecule has 4 nitrogen and oxygen atoms in total. The molecule has 0 aromatic carbocycles. The zero-order valence-electron chi connectivity index (χ0n) is 8.94. The third kappa shape index (κ3) is 1.97. The molecule has 0 saturated heterocycles. The van der Waals surface area contributed by atoms with Crippen molar-refractivity contribution in [3.63, 3.8) is 0 Å². The van der Waals surface area contributed by atoms with Crippen LogP contribution in [0.4, 0.5) is 0 Å². The van der Waals surface area contributed by atoms with E-state index in [-0.39, 0.29) is 0 Å². The predicted octanol–water partition coefficient (Wildman–Crippen LogP) is 2.51. The largest absolute Gasteiger partial charge is 0.491 e. The first-order valence-electron chi connectivity index (χ1n) is 4.69. The van der Waals surface area contributed by atoms with Crippen molar-refractivity contribution in [3.05, 3.63) is 35.5 Å². The summed E-state index contributed by atoms with van der Waals surface area (Å²) in [5.41, 5.74) is 2.56. The zero-order valence-corrected chi connectivity index (χ0v) is 9.69. The number of hydrogen-bond donors (Lipinski definition) is 0. The van der Waals surface area contributed by atoms with Crippen LogP contribution in [0.2, 0.25) is 5.15 Å². The normalized spacial score (nSPS) is 10.2. The Balaban J connectivity index is 2.60. The fourth-order valence-electron chi connectivity index (χ4n) is 1.42. The molecule has 0 aliphatic carbocycles. The minimum Gasteiger partial charge on any atom is -0.491 e. The van der Waals surface area contributed by atoms with Crippen LogP contribution < -0.4 is 4.74 Å². The third-order valence-corrected chi connectivity index (χ3v) is 2.38. The van der Waals surface area contributed by atoms with Gasteiger partial charge in [0.2, 0.25) is 0 Å². The van der Waals surface area contributed by atoms with Gasteiger partial charge >= 0.3 is 0 Å². The molecule has 0 fully saturated rings. The van der Waals surface area contributed by atoms with Gasteiger partial charge in [-0.15, -0.1) is 0 Å². The van der Waals surface area contributed by atoms with Gasteiger partial charge in [-0.1, -0.05) is 11.6 Å². The molecule has 2 rings (SSSR count). The van der Waals surface area contributed by atoms with Gasteiger partial charge in [0.15, 0.2) is 10.9 Å². The van der Waals surface area contributed by atoms with Gasteiger partial charge in [-0.3, -0.25) is 4.98 Å². The highest BCUT2D eigenvalue weighted by molar-refractivity contribution is 6.31.